The highest BCUT2D eigenvalue weighted by atomic mass is 32.2. The molecule has 74 valence electrons. The summed E-state index contributed by atoms with van der Waals surface area (Å²) in [5.74, 6) is -4.58. The predicted octanol–water partition coefficient (Wildman–Crippen LogP) is -3.08. The van der Waals surface area contributed by atoms with Gasteiger partial charge < -0.3 is 21.1 Å². The first-order chi connectivity index (χ1) is 5.27. The quantitative estimate of drug-likeness (QED) is 0.274. The fourth-order valence-electron chi connectivity index (χ4n) is 0.454. The van der Waals surface area contributed by atoms with E-state index in [9.17, 15) is 8.42 Å². The summed E-state index contributed by atoms with van der Waals surface area (Å²) in [6, 6.07) is 0. The minimum absolute atomic E-state index is 0.0193. The summed E-state index contributed by atoms with van der Waals surface area (Å²) in [6.45, 7) is -0.285. The van der Waals surface area contributed by atoms with Crippen LogP contribution in [0.5, 0.6) is 0 Å². The van der Waals surface area contributed by atoms with Crippen LogP contribution in [0.2, 0.25) is 0 Å². The third-order valence-electron chi connectivity index (χ3n) is 0.751. The molecule has 0 rings (SSSR count). The van der Waals surface area contributed by atoms with Crippen LogP contribution >= 0.6 is 0 Å². The summed E-state index contributed by atoms with van der Waals surface area (Å²) in [6.07, 6.45) is 0. The SMILES string of the molecule is NCCOS(=O)(=O)CC(O)(O)O. The minimum atomic E-state index is -4.13. The van der Waals surface area contributed by atoms with Gasteiger partial charge in [-0.25, -0.2) is 0 Å². The monoisotopic (exact) mass is 201 g/mol. The van der Waals surface area contributed by atoms with Gasteiger partial charge >= 0.3 is 0 Å². The molecule has 0 aromatic rings. The van der Waals surface area contributed by atoms with Crippen LogP contribution in [0.3, 0.4) is 0 Å². The number of rotatable bonds is 5. The maximum Gasteiger partial charge on any atom is 0.292 e. The lowest BCUT2D eigenvalue weighted by Gasteiger charge is -2.13. The molecule has 0 saturated heterocycles. The second-order valence-electron chi connectivity index (χ2n) is 2.09. The molecule has 0 heterocycles. The molecular formula is C4H11NO6S. The van der Waals surface area contributed by atoms with Crippen molar-refractivity contribution in [3.05, 3.63) is 0 Å². The molecule has 0 spiro atoms. The van der Waals surface area contributed by atoms with Gasteiger partial charge in [0.2, 0.25) is 0 Å². The molecule has 0 aliphatic heterocycles. The third-order valence-corrected chi connectivity index (χ3v) is 2.02. The predicted molar refractivity (Wildman–Crippen MR) is 38.2 cm³/mol. The zero-order chi connectivity index (χ0) is 9.83. The Morgan fingerprint density at radius 3 is 2.17 bits per heavy atom. The van der Waals surface area contributed by atoms with Crippen LogP contribution in [-0.4, -0.2) is 48.6 Å². The molecule has 0 aliphatic carbocycles. The molecule has 8 heteroatoms. The Bertz CT molecular complexity index is 216. The molecular weight excluding hydrogens is 190 g/mol. The lowest BCUT2D eigenvalue weighted by molar-refractivity contribution is -0.294. The van der Waals surface area contributed by atoms with Crippen molar-refractivity contribution in [2.45, 2.75) is 5.97 Å². The molecule has 0 atom stereocenters. The van der Waals surface area contributed by atoms with Gasteiger partial charge in [-0.2, -0.15) is 8.42 Å². The van der Waals surface area contributed by atoms with Crippen molar-refractivity contribution in [3.8, 4) is 0 Å². The van der Waals surface area contributed by atoms with Gasteiger partial charge in [0.25, 0.3) is 16.1 Å². The van der Waals surface area contributed by atoms with Gasteiger partial charge in [-0.15, -0.1) is 0 Å². The smallest absolute Gasteiger partial charge is 0.292 e. The van der Waals surface area contributed by atoms with Gasteiger partial charge in [-0.3, -0.25) is 4.18 Å². The molecule has 5 N–H and O–H groups in total. The highest BCUT2D eigenvalue weighted by Gasteiger charge is 2.28. The van der Waals surface area contributed by atoms with Crippen molar-refractivity contribution in [2.75, 3.05) is 18.9 Å². The van der Waals surface area contributed by atoms with E-state index in [4.69, 9.17) is 21.1 Å². The van der Waals surface area contributed by atoms with E-state index in [1.807, 2.05) is 0 Å². The van der Waals surface area contributed by atoms with Gasteiger partial charge in [0.05, 0.1) is 6.61 Å². The lowest BCUT2D eigenvalue weighted by Crippen LogP contribution is -2.37. The van der Waals surface area contributed by atoms with Crippen LogP contribution in [0.1, 0.15) is 0 Å². The van der Waals surface area contributed by atoms with Gasteiger partial charge in [0.15, 0.2) is 5.75 Å². The van der Waals surface area contributed by atoms with E-state index in [2.05, 4.69) is 4.18 Å². The van der Waals surface area contributed by atoms with Crippen molar-refractivity contribution >= 4 is 10.1 Å². The standard InChI is InChI=1S/C4H11NO6S/c5-1-2-11-12(9,10)3-4(6,7)8/h6-8H,1-3,5H2. The molecule has 0 aromatic heterocycles. The summed E-state index contributed by atoms with van der Waals surface area (Å²) < 4.78 is 25.4. The molecule has 0 unspecified atom stereocenters. The molecule has 12 heavy (non-hydrogen) atoms. The first kappa shape index (κ1) is 11.8. The number of hydrogen-bond acceptors (Lipinski definition) is 7. The van der Waals surface area contributed by atoms with E-state index in [-0.39, 0.29) is 13.2 Å². The summed E-state index contributed by atoms with van der Waals surface area (Å²) >= 11 is 0. The van der Waals surface area contributed by atoms with Crippen LogP contribution in [0.4, 0.5) is 0 Å². The Hall–Kier alpha value is -0.250. The molecule has 0 amide bonds. The van der Waals surface area contributed by atoms with Crippen molar-refractivity contribution < 1.29 is 27.9 Å². The Morgan fingerprint density at radius 1 is 1.33 bits per heavy atom. The molecule has 0 bridgehead atoms. The number of nitrogens with two attached hydrogens (primary N) is 1. The Morgan fingerprint density at radius 2 is 1.83 bits per heavy atom. The second-order valence-corrected chi connectivity index (χ2v) is 3.73. The molecule has 0 aliphatic rings. The van der Waals surface area contributed by atoms with E-state index < -0.39 is 21.8 Å². The fraction of sp³-hybridized carbons (Fsp3) is 1.00. The average molecular weight is 201 g/mol. The zero-order valence-corrected chi connectivity index (χ0v) is 6.99. The molecule has 0 saturated carbocycles. The minimum Gasteiger partial charge on any atom is -0.343 e. The van der Waals surface area contributed by atoms with Crippen LogP contribution in [0.15, 0.2) is 0 Å². The van der Waals surface area contributed by atoms with Gasteiger partial charge in [-0.05, 0) is 0 Å². The highest BCUT2D eigenvalue weighted by Crippen LogP contribution is 2.01. The van der Waals surface area contributed by atoms with Crippen LogP contribution < -0.4 is 5.73 Å². The van der Waals surface area contributed by atoms with Crippen molar-refractivity contribution in [1.82, 2.24) is 0 Å². The fourth-order valence-corrected chi connectivity index (χ4v) is 1.36. The number of hydrogen-bond donors (Lipinski definition) is 4. The first-order valence-electron chi connectivity index (χ1n) is 3.01. The van der Waals surface area contributed by atoms with E-state index >= 15 is 0 Å². The summed E-state index contributed by atoms with van der Waals surface area (Å²) in [5.41, 5.74) is 4.92. The number of aliphatic hydroxyl groups is 3. The Labute approximate surface area is 69.5 Å². The van der Waals surface area contributed by atoms with E-state index in [1.165, 1.54) is 0 Å². The molecule has 7 nitrogen and oxygen atoms in total. The van der Waals surface area contributed by atoms with E-state index in [0.29, 0.717) is 0 Å². The second kappa shape index (κ2) is 4.12. The average Bonchev–Trinajstić information content (AvgIpc) is 1.78. The van der Waals surface area contributed by atoms with Crippen molar-refractivity contribution in [1.29, 1.82) is 0 Å². The van der Waals surface area contributed by atoms with Crippen molar-refractivity contribution in [2.24, 2.45) is 5.73 Å². The summed E-state index contributed by atoms with van der Waals surface area (Å²) in [5, 5.41) is 24.8. The van der Waals surface area contributed by atoms with Gasteiger partial charge in [-0.1, -0.05) is 0 Å². The largest absolute Gasteiger partial charge is 0.343 e. The van der Waals surface area contributed by atoms with Gasteiger partial charge in [0.1, 0.15) is 0 Å². The third kappa shape index (κ3) is 6.46. The maximum atomic E-state index is 10.6. The summed E-state index contributed by atoms with van der Waals surface area (Å²) in [7, 11) is -4.13. The maximum absolute atomic E-state index is 10.6. The van der Waals surface area contributed by atoms with E-state index in [1.54, 1.807) is 0 Å². The highest BCUT2D eigenvalue weighted by molar-refractivity contribution is 7.86. The lowest BCUT2D eigenvalue weighted by atomic mass is 10.7. The van der Waals surface area contributed by atoms with Crippen molar-refractivity contribution in [3.63, 3.8) is 0 Å². The molecule has 0 fully saturated rings. The Balaban J connectivity index is 4.06. The topological polar surface area (TPSA) is 130 Å². The van der Waals surface area contributed by atoms with Gasteiger partial charge in [0, 0.05) is 6.54 Å². The first-order valence-corrected chi connectivity index (χ1v) is 4.59. The van der Waals surface area contributed by atoms with E-state index in [0.717, 1.165) is 0 Å². The summed E-state index contributed by atoms with van der Waals surface area (Å²) in [4.78, 5) is 0. The normalized spacial score (nSPS) is 13.3. The van der Waals surface area contributed by atoms with Crippen LogP contribution in [0, 0.1) is 0 Å². The Kier molecular flexibility index (Phi) is 4.03. The molecule has 0 aromatic carbocycles. The zero-order valence-electron chi connectivity index (χ0n) is 6.17. The molecule has 0 radical (unpaired) electrons. The van der Waals surface area contributed by atoms with Crippen LogP contribution in [-0.2, 0) is 14.3 Å². The van der Waals surface area contributed by atoms with Crippen LogP contribution in [0.25, 0.3) is 0 Å².